The van der Waals surface area contributed by atoms with E-state index in [0.29, 0.717) is 12.8 Å². The molecule has 0 radical (unpaired) electrons. The van der Waals surface area contributed by atoms with Gasteiger partial charge < -0.3 is 4.79 Å². The molecule has 0 saturated heterocycles. The van der Waals surface area contributed by atoms with Crippen molar-refractivity contribution in [1.29, 1.82) is 0 Å². The van der Waals surface area contributed by atoms with E-state index in [1.165, 1.54) is 0 Å². The van der Waals surface area contributed by atoms with Crippen molar-refractivity contribution in [3.05, 3.63) is 12.2 Å². The fraction of sp³-hybridized carbons (Fsp3) is 0.636. The molecule has 0 bridgehead atoms. The molecule has 0 aliphatic heterocycles. The number of carbonyl (C=O) groups excluding carboxylic acids is 2. The summed E-state index contributed by atoms with van der Waals surface area (Å²) < 4.78 is 0. The molecular weight excluding hydrogens is 164 g/mol. The third kappa shape index (κ3) is 5.34. The number of rotatable bonds is 7. The van der Waals surface area contributed by atoms with Crippen molar-refractivity contribution >= 4 is 12.1 Å². The van der Waals surface area contributed by atoms with Gasteiger partial charge in [0.05, 0.1) is 0 Å². The van der Waals surface area contributed by atoms with Gasteiger partial charge in [-0.1, -0.05) is 19.1 Å². The van der Waals surface area contributed by atoms with E-state index >= 15 is 0 Å². The van der Waals surface area contributed by atoms with Crippen LogP contribution in [0.5, 0.6) is 0 Å². The van der Waals surface area contributed by atoms with Crippen LogP contribution >= 0.6 is 0 Å². The van der Waals surface area contributed by atoms with Crippen molar-refractivity contribution in [2.45, 2.75) is 39.5 Å². The average molecular weight is 182 g/mol. The molecule has 0 saturated carbocycles. The molecule has 0 aromatic rings. The number of hydrogen-bond acceptors (Lipinski definition) is 2. The van der Waals surface area contributed by atoms with Crippen molar-refractivity contribution in [3.8, 4) is 0 Å². The van der Waals surface area contributed by atoms with E-state index in [1.807, 2.05) is 13.8 Å². The highest BCUT2D eigenvalue weighted by molar-refractivity contribution is 5.83. The highest BCUT2D eigenvalue weighted by Crippen LogP contribution is 2.12. The Morgan fingerprint density at radius 1 is 1.46 bits per heavy atom. The lowest BCUT2D eigenvalue weighted by Crippen LogP contribution is -2.11. The monoisotopic (exact) mass is 182 g/mol. The molecule has 2 nitrogen and oxygen atoms in total. The molecule has 0 aliphatic carbocycles. The lowest BCUT2D eigenvalue weighted by molar-refractivity contribution is -0.121. The van der Waals surface area contributed by atoms with Crippen LogP contribution in [0.4, 0.5) is 0 Å². The zero-order chi connectivity index (χ0) is 10.3. The van der Waals surface area contributed by atoms with E-state index in [9.17, 15) is 9.59 Å². The number of Topliss-reactive ketones (excluding diaryl/α,β-unsaturated/α-hetero) is 1. The van der Waals surface area contributed by atoms with Crippen LogP contribution in [0.15, 0.2) is 12.2 Å². The van der Waals surface area contributed by atoms with Gasteiger partial charge in [-0.25, -0.2) is 0 Å². The molecule has 0 rings (SSSR count). The van der Waals surface area contributed by atoms with Gasteiger partial charge >= 0.3 is 0 Å². The third-order valence-corrected chi connectivity index (χ3v) is 2.22. The lowest BCUT2D eigenvalue weighted by Gasteiger charge is -2.08. The summed E-state index contributed by atoms with van der Waals surface area (Å²) in [5.41, 5.74) is 0.917. The molecule has 0 amide bonds. The fourth-order valence-corrected chi connectivity index (χ4v) is 1.02. The van der Waals surface area contributed by atoms with Crippen molar-refractivity contribution in [1.82, 2.24) is 0 Å². The van der Waals surface area contributed by atoms with Crippen LogP contribution in [0.3, 0.4) is 0 Å². The summed E-state index contributed by atoms with van der Waals surface area (Å²) in [6.45, 7) is 7.49. The van der Waals surface area contributed by atoms with E-state index in [2.05, 4.69) is 6.58 Å². The second kappa shape index (κ2) is 6.58. The van der Waals surface area contributed by atoms with Gasteiger partial charge in [-0.05, 0) is 19.8 Å². The molecule has 0 spiro atoms. The molecular formula is C11H18O2. The maximum absolute atomic E-state index is 11.4. The molecule has 13 heavy (non-hydrogen) atoms. The van der Waals surface area contributed by atoms with Crippen LogP contribution in [0, 0.1) is 5.92 Å². The first-order valence-electron chi connectivity index (χ1n) is 4.71. The zero-order valence-corrected chi connectivity index (χ0v) is 8.51. The number of allylic oxidation sites excluding steroid dienone is 1. The van der Waals surface area contributed by atoms with Crippen LogP contribution in [-0.4, -0.2) is 12.1 Å². The Hall–Kier alpha value is -0.920. The number of unbranched alkanes of at least 4 members (excludes halogenated alkanes) is 2. The first-order valence-corrected chi connectivity index (χ1v) is 4.71. The molecule has 0 aliphatic rings. The van der Waals surface area contributed by atoms with E-state index < -0.39 is 0 Å². The van der Waals surface area contributed by atoms with Crippen LogP contribution < -0.4 is 0 Å². The highest BCUT2D eigenvalue weighted by Gasteiger charge is 2.12. The number of ketones is 1. The number of carbonyl (C=O) groups is 2. The van der Waals surface area contributed by atoms with Crippen molar-refractivity contribution in [3.63, 3.8) is 0 Å². The van der Waals surface area contributed by atoms with Gasteiger partial charge in [-0.3, -0.25) is 4.79 Å². The molecule has 0 aromatic heterocycles. The Balaban J connectivity index is 3.62. The maximum Gasteiger partial charge on any atom is 0.139 e. The smallest absolute Gasteiger partial charge is 0.139 e. The summed E-state index contributed by atoms with van der Waals surface area (Å²) in [7, 11) is 0. The van der Waals surface area contributed by atoms with E-state index in [0.717, 1.165) is 24.7 Å². The van der Waals surface area contributed by atoms with Crippen molar-refractivity contribution in [2.24, 2.45) is 5.92 Å². The van der Waals surface area contributed by atoms with Crippen molar-refractivity contribution in [2.75, 3.05) is 0 Å². The lowest BCUT2D eigenvalue weighted by atomic mass is 9.95. The van der Waals surface area contributed by atoms with Crippen LogP contribution in [0.25, 0.3) is 0 Å². The molecule has 74 valence electrons. The van der Waals surface area contributed by atoms with Gasteiger partial charge in [0.2, 0.25) is 0 Å². The molecule has 0 aromatic carbocycles. The van der Waals surface area contributed by atoms with Crippen LogP contribution in [0.2, 0.25) is 0 Å². The summed E-state index contributed by atoms with van der Waals surface area (Å²) in [6, 6.07) is 0. The summed E-state index contributed by atoms with van der Waals surface area (Å²) in [5.74, 6) is 0.203. The van der Waals surface area contributed by atoms with E-state index in [-0.39, 0.29) is 11.7 Å². The van der Waals surface area contributed by atoms with Crippen molar-refractivity contribution < 1.29 is 9.59 Å². The second-order valence-electron chi connectivity index (χ2n) is 3.45. The Kier molecular flexibility index (Phi) is 6.11. The Morgan fingerprint density at radius 3 is 2.54 bits per heavy atom. The number of aldehydes is 1. The normalized spacial score (nSPS) is 12.2. The van der Waals surface area contributed by atoms with Gasteiger partial charge in [0.25, 0.3) is 0 Å². The summed E-state index contributed by atoms with van der Waals surface area (Å²) in [6.07, 6.45) is 3.66. The molecule has 1 unspecified atom stereocenters. The third-order valence-electron chi connectivity index (χ3n) is 2.22. The predicted octanol–water partition coefficient (Wildman–Crippen LogP) is 2.53. The molecule has 0 N–H and O–H groups in total. The van der Waals surface area contributed by atoms with Gasteiger partial charge in [-0.15, -0.1) is 0 Å². The standard InChI is InChI=1S/C11H18O2/c1-9(2)10(3)11(13)7-5-4-6-8-12/h8,10H,1,4-7H2,2-3H3. The SMILES string of the molecule is C=C(C)C(C)C(=O)CCCCC=O. The van der Waals surface area contributed by atoms with Gasteiger partial charge in [-0.2, -0.15) is 0 Å². The predicted molar refractivity (Wildman–Crippen MR) is 53.5 cm³/mol. The minimum absolute atomic E-state index is 0.0313. The second-order valence-corrected chi connectivity index (χ2v) is 3.45. The van der Waals surface area contributed by atoms with Crippen LogP contribution in [0.1, 0.15) is 39.5 Å². The quantitative estimate of drug-likeness (QED) is 0.344. The van der Waals surface area contributed by atoms with E-state index in [1.54, 1.807) is 0 Å². The largest absolute Gasteiger partial charge is 0.303 e. The Bertz CT molecular complexity index is 194. The number of hydrogen-bond donors (Lipinski definition) is 0. The Labute approximate surface area is 80.0 Å². The molecule has 2 heteroatoms. The first kappa shape index (κ1) is 12.1. The van der Waals surface area contributed by atoms with Gasteiger partial charge in [0.15, 0.2) is 0 Å². The van der Waals surface area contributed by atoms with Gasteiger partial charge in [0, 0.05) is 18.8 Å². The fourth-order valence-electron chi connectivity index (χ4n) is 1.02. The summed E-state index contributed by atoms with van der Waals surface area (Å²) >= 11 is 0. The average Bonchev–Trinajstić information content (AvgIpc) is 2.10. The highest BCUT2D eigenvalue weighted by atomic mass is 16.1. The van der Waals surface area contributed by atoms with Crippen LogP contribution in [-0.2, 0) is 9.59 Å². The van der Waals surface area contributed by atoms with Gasteiger partial charge in [0.1, 0.15) is 12.1 Å². The summed E-state index contributed by atoms with van der Waals surface area (Å²) in [4.78, 5) is 21.4. The first-order chi connectivity index (χ1) is 6.09. The summed E-state index contributed by atoms with van der Waals surface area (Å²) in [5, 5.41) is 0. The topological polar surface area (TPSA) is 34.1 Å². The minimum Gasteiger partial charge on any atom is -0.303 e. The van der Waals surface area contributed by atoms with E-state index in [4.69, 9.17) is 0 Å². The molecule has 0 fully saturated rings. The molecule has 1 atom stereocenters. The minimum atomic E-state index is -0.0313. The zero-order valence-electron chi connectivity index (χ0n) is 8.51. The maximum atomic E-state index is 11.4. The Morgan fingerprint density at radius 2 is 2.08 bits per heavy atom. The molecule has 0 heterocycles.